The highest BCUT2D eigenvalue weighted by Gasteiger charge is 2.28. The van der Waals surface area contributed by atoms with Gasteiger partial charge in [-0.25, -0.2) is 4.98 Å². The van der Waals surface area contributed by atoms with Gasteiger partial charge in [0, 0.05) is 55.6 Å². The van der Waals surface area contributed by atoms with Gasteiger partial charge in [-0.2, -0.15) is 5.10 Å². The number of nitrogens with zero attached hydrogens (tertiary/aromatic N) is 5. The highest BCUT2D eigenvalue weighted by atomic mass is 16.1. The van der Waals surface area contributed by atoms with Crippen LogP contribution in [-0.2, 0) is 7.05 Å². The van der Waals surface area contributed by atoms with Gasteiger partial charge in [0.05, 0.1) is 29.5 Å². The molecule has 7 nitrogen and oxygen atoms in total. The van der Waals surface area contributed by atoms with E-state index in [-0.39, 0.29) is 11.9 Å². The molecule has 7 heteroatoms. The monoisotopic (exact) mass is 468 g/mol. The van der Waals surface area contributed by atoms with Crippen LogP contribution in [0.15, 0.2) is 60.9 Å². The van der Waals surface area contributed by atoms with E-state index in [1.807, 2.05) is 63.6 Å². The first-order valence-corrected chi connectivity index (χ1v) is 12.0. The molecule has 5 rings (SSSR count). The Labute approximate surface area is 206 Å². The molecule has 1 fully saturated rings. The fourth-order valence-electron chi connectivity index (χ4n) is 4.81. The first kappa shape index (κ1) is 23.1. The Balaban J connectivity index is 1.44. The van der Waals surface area contributed by atoms with Gasteiger partial charge >= 0.3 is 0 Å². The van der Waals surface area contributed by atoms with Crippen molar-refractivity contribution in [3.05, 3.63) is 77.6 Å². The van der Waals surface area contributed by atoms with Crippen LogP contribution in [0.2, 0.25) is 0 Å². The summed E-state index contributed by atoms with van der Waals surface area (Å²) < 4.78 is 1.77. The number of aromatic nitrogens is 3. The van der Waals surface area contributed by atoms with E-state index in [2.05, 4.69) is 52.5 Å². The van der Waals surface area contributed by atoms with E-state index >= 15 is 0 Å². The normalized spacial score (nSPS) is 15.1. The van der Waals surface area contributed by atoms with Gasteiger partial charge in [-0.15, -0.1) is 0 Å². The number of amides is 1. The number of nitrogens with one attached hydrogen (secondary N) is 1. The first-order chi connectivity index (χ1) is 16.8. The van der Waals surface area contributed by atoms with Crippen LogP contribution >= 0.6 is 0 Å². The molecule has 4 aromatic rings. The molecule has 2 aromatic heterocycles. The van der Waals surface area contributed by atoms with Crippen LogP contribution in [0.25, 0.3) is 22.2 Å². The lowest BCUT2D eigenvalue weighted by Crippen LogP contribution is -2.56. The number of rotatable bonds is 6. The molecule has 0 bridgehead atoms. The summed E-state index contributed by atoms with van der Waals surface area (Å²) in [6, 6.07) is 16.6. The molecule has 1 atom stereocenters. The van der Waals surface area contributed by atoms with Gasteiger partial charge in [0.15, 0.2) is 0 Å². The van der Waals surface area contributed by atoms with Crippen molar-refractivity contribution >= 4 is 22.5 Å². The van der Waals surface area contributed by atoms with Crippen LogP contribution in [0.1, 0.15) is 34.5 Å². The zero-order chi connectivity index (χ0) is 24.7. The van der Waals surface area contributed by atoms with Gasteiger partial charge < -0.3 is 15.1 Å². The number of hydrogen-bond acceptors (Lipinski definition) is 5. The highest BCUT2D eigenvalue weighted by molar-refractivity contribution is 5.97. The van der Waals surface area contributed by atoms with E-state index in [4.69, 9.17) is 4.98 Å². The molecule has 1 aliphatic heterocycles. The number of aryl methyl sites for hydroxylation is 2. The molecule has 0 unspecified atom stereocenters. The van der Waals surface area contributed by atoms with Gasteiger partial charge in [0.1, 0.15) is 0 Å². The molecule has 3 heterocycles. The van der Waals surface area contributed by atoms with Gasteiger partial charge in [-0.05, 0) is 56.3 Å². The van der Waals surface area contributed by atoms with Crippen LogP contribution in [-0.4, -0.2) is 58.8 Å². The van der Waals surface area contributed by atoms with E-state index in [1.165, 1.54) is 0 Å². The molecule has 0 saturated carbocycles. The summed E-state index contributed by atoms with van der Waals surface area (Å²) in [7, 11) is 6.13. The minimum atomic E-state index is -0.202. The standard InChI is InChI=1S/C28H32N6O/c1-18-10-11-21(34(5)22-16-32(3)17-22)12-24(18)28(35)30-19(2)25-13-27(20-14-29-33(4)15-20)31-26-9-7-6-8-23(25)26/h6-15,19,22H,16-17H2,1-5H3,(H,30,35)/t19-/m1/s1. The fourth-order valence-corrected chi connectivity index (χ4v) is 4.81. The minimum absolute atomic E-state index is 0.0696. The van der Waals surface area contributed by atoms with E-state index in [9.17, 15) is 4.79 Å². The van der Waals surface area contributed by atoms with E-state index in [1.54, 1.807) is 4.68 Å². The number of pyridine rings is 1. The SMILES string of the molecule is Cc1ccc(N(C)C2CN(C)C2)cc1C(=O)N[C@H](C)c1cc(-c2cnn(C)c2)nc2ccccc12. The number of benzene rings is 2. The Morgan fingerprint density at radius 1 is 1.14 bits per heavy atom. The zero-order valence-electron chi connectivity index (χ0n) is 21.0. The lowest BCUT2D eigenvalue weighted by atomic mass is 9.99. The molecule has 1 aliphatic rings. The maximum absolute atomic E-state index is 13.5. The van der Waals surface area contributed by atoms with Gasteiger partial charge in [0.25, 0.3) is 5.91 Å². The summed E-state index contributed by atoms with van der Waals surface area (Å²) in [5.41, 5.74) is 6.47. The van der Waals surface area contributed by atoms with Crippen LogP contribution in [0.3, 0.4) is 0 Å². The highest BCUT2D eigenvalue weighted by Crippen LogP contribution is 2.29. The van der Waals surface area contributed by atoms with Crippen molar-refractivity contribution in [3.63, 3.8) is 0 Å². The van der Waals surface area contributed by atoms with Crippen LogP contribution in [0, 0.1) is 6.92 Å². The molecule has 0 aliphatic carbocycles. The van der Waals surface area contributed by atoms with Gasteiger partial charge in [-0.3, -0.25) is 9.48 Å². The smallest absolute Gasteiger partial charge is 0.252 e. The molecule has 0 radical (unpaired) electrons. The topological polar surface area (TPSA) is 66.3 Å². The number of anilines is 1. The zero-order valence-corrected chi connectivity index (χ0v) is 21.0. The number of para-hydroxylation sites is 1. The lowest BCUT2D eigenvalue weighted by molar-refractivity contribution is 0.0939. The summed E-state index contributed by atoms with van der Waals surface area (Å²) in [5, 5.41) is 8.57. The molecule has 180 valence electrons. The third-order valence-electron chi connectivity index (χ3n) is 7.03. The Kier molecular flexibility index (Phi) is 6.03. The first-order valence-electron chi connectivity index (χ1n) is 12.0. The average Bonchev–Trinajstić information content (AvgIpc) is 3.27. The molecule has 35 heavy (non-hydrogen) atoms. The molecule has 1 amide bonds. The maximum Gasteiger partial charge on any atom is 0.252 e. The van der Waals surface area contributed by atoms with Crippen LogP contribution < -0.4 is 10.2 Å². The summed E-state index contributed by atoms with van der Waals surface area (Å²) in [6.07, 6.45) is 3.77. The van der Waals surface area contributed by atoms with Crippen LogP contribution in [0.4, 0.5) is 5.69 Å². The maximum atomic E-state index is 13.5. The van der Waals surface area contributed by atoms with Crippen molar-refractivity contribution in [2.24, 2.45) is 7.05 Å². The molecule has 2 aromatic carbocycles. The Morgan fingerprint density at radius 2 is 1.91 bits per heavy atom. The number of likely N-dealkylation sites (tertiary alicyclic amines) is 1. The Bertz CT molecular complexity index is 1390. The van der Waals surface area contributed by atoms with Gasteiger partial charge in [-0.1, -0.05) is 24.3 Å². The quantitative estimate of drug-likeness (QED) is 0.460. The third kappa shape index (κ3) is 4.51. The van der Waals surface area contributed by atoms with E-state index < -0.39 is 0 Å². The Hall–Kier alpha value is -3.71. The van der Waals surface area contributed by atoms with Crippen molar-refractivity contribution in [1.82, 2.24) is 25.0 Å². The van der Waals surface area contributed by atoms with Crippen molar-refractivity contribution in [1.29, 1.82) is 0 Å². The molecule has 0 spiro atoms. The number of carbonyl (C=O) groups excluding carboxylic acids is 1. The number of likely N-dealkylation sites (N-methyl/N-ethyl adjacent to an activating group) is 2. The minimum Gasteiger partial charge on any atom is -0.369 e. The lowest BCUT2D eigenvalue weighted by Gasteiger charge is -2.43. The summed E-state index contributed by atoms with van der Waals surface area (Å²) in [4.78, 5) is 22.9. The number of hydrogen-bond donors (Lipinski definition) is 1. The molecular weight excluding hydrogens is 436 g/mol. The summed E-state index contributed by atoms with van der Waals surface area (Å²) >= 11 is 0. The predicted molar refractivity (Wildman–Crippen MR) is 141 cm³/mol. The van der Waals surface area contributed by atoms with Gasteiger partial charge in [0.2, 0.25) is 0 Å². The van der Waals surface area contributed by atoms with Crippen LogP contribution in [0.5, 0.6) is 0 Å². The second-order valence-electron chi connectivity index (χ2n) is 9.70. The van der Waals surface area contributed by atoms with Crippen molar-refractivity contribution in [2.75, 3.05) is 32.1 Å². The second-order valence-corrected chi connectivity index (χ2v) is 9.70. The molecule has 1 N–H and O–H groups in total. The average molecular weight is 469 g/mol. The number of fused-ring (bicyclic) bond motifs is 1. The van der Waals surface area contributed by atoms with Crippen molar-refractivity contribution < 1.29 is 4.79 Å². The number of carbonyl (C=O) groups is 1. The fraction of sp³-hybridized carbons (Fsp3) is 0.321. The largest absolute Gasteiger partial charge is 0.369 e. The van der Waals surface area contributed by atoms with E-state index in [0.29, 0.717) is 11.6 Å². The Morgan fingerprint density at radius 3 is 2.63 bits per heavy atom. The second kappa shape index (κ2) is 9.15. The summed E-state index contributed by atoms with van der Waals surface area (Å²) in [5.74, 6) is -0.0696. The molecule has 1 saturated heterocycles. The van der Waals surface area contributed by atoms with E-state index in [0.717, 1.165) is 52.1 Å². The molecular formula is C28H32N6O. The summed E-state index contributed by atoms with van der Waals surface area (Å²) in [6.45, 7) is 6.10. The predicted octanol–water partition coefficient (Wildman–Crippen LogP) is 4.18. The van der Waals surface area contributed by atoms with Crippen molar-refractivity contribution in [3.8, 4) is 11.3 Å². The third-order valence-corrected chi connectivity index (χ3v) is 7.03. The van der Waals surface area contributed by atoms with Crippen molar-refractivity contribution in [2.45, 2.75) is 25.9 Å².